The Morgan fingerprint density at radius 3 is 2.38 bits per heavy atom. The van der Waals surface area contributed by atoms with E-state index >= 15 is 0 Å². The van der Waals surface area contributed by atoms with Crippen LogP contribution in [0.25, 0.3) is 6.08 Å². The van der Waals surface area contributed by atoms with Crippen LogP contribution < -0.4 is 0 Å². The normalized spacial score (nSPS) is 10.9. The van der Waals surface area contributed by atoms with Crippen molar-refractivity contribution in [1.82, 2.24) is 0 Å². The molecule has 0 aliphatic carbocycles. The predicted octanol–water partition coefficient (Wildman–Crippen LogP) is 3.40. The van der Waals surface area contributed by atoms with Gasteiger partial charge in [-0.3, -0.25) is 4.79 Å². The van der Waals surface area contributed by atoms with Gasteiger partial charge in [0.2, 0.25) is 0 Å². The molecule has 0 bridgehead atoms. The van der Waals surface area contributed by atoms with E-state index < -0.39 is 17.5 Å². The zero-order valence-corrected chi connectivity index (χ0v) is 8.47. The molecule has 0 unspecified atom stereocenters. The van der Waals surface area contributed by atoms with Gasteiger partial charge in [0.05, 0.1) is 0 Å². The molecular formula is C12H10F3O. The molecule has 1 radical (unpaired) electrons. The highest BCUT2D eigenvalue weighted by atomic mass is 19.1. The van der Waals surface area contributed by atoms with Crippen LogP contribution in [0.4, 0.5) is 13.2 Å². The zero-order valence-electron chi connectivity index (χ0n) is 8.47. The minimum absolute atomic E-state index is 0.267. The first-order valence-electron chi connectivity index (χ1n) is 4.81. The van der Waals surface area contributed by atoms with Crippen molar-refractivity contribution < 1.29 is 18.0 Å². The van der Waals surface area contributed by atoms with Gasteiger partial charge in [0.15, 0.2) is 6.29 Å². The lowest BCUT2D eigenvalue weighted by Gasteiger charge is -1.99. The number of benzene rings is 1. The third kappa shape index (κ3) is 3.53. The van der Waals surface area contributed by atoms with Gasteiger partial charge in [0.1, 0.15) is 17.5 Å². The average molecular weight is 227 g/mol. The predicted molar refractivity (Wildman–Crippen MR) is 54.9 cm³/mol. The van der Waals surface area contributed by atoms with Gasteiger partial charge in [-0.15, -0.1) is 0 Å². The van der Waals surface area contributed by atoms with Crippen molar-refractivity contribution in [1.29, 1.82) is 0 Å². The molecule has 0 saturated carbocycles. The maximum Gasteiger partial charge on any atom is 0.198 e. The van der Waals surface area contributed by atoms with E-state index in [1.54, 1.807) is 6.29 Å². The molecule has 0 spiro atoms. The van der Waals surface area contributed by atoms with Crippen molar-refractivity contribution in [2.75, 3.05) is 0 Å². The van der Waals surface area contributed by atoms with E-state index in [-0.39, 0.29) is 5.56 Å². The Balaban J connectivity index is 2.69. The molecular weight excluding hydrogens is 217 g/mol. The second-order valence-corrected chi connectivity index (χ2v) is 3.22. The summed E-state index contributed by atoms with van der Waals surface area (Å²) in [6.45, 7) is 0. The molecule has 1 aromatic rings. The Morgan fingerprint density at radius 2 is 1.81 bits per heavy atom. The second-order valence-electron chi connectivity index (χ2n) is 3.22. The topological polar surface area (TPSA) is 17.1 Å². The molecule has 0 aliphatic rings. The first-order chi connectivity index (χ1) is 7.65. The Kier molecular flexibility index (Phi) is 4.76. The molecule has 0 amide bonds. The molecule has 1 nitrogen and oxygen atoms in total. The summed E-state index contributed by atoms with van der Waals surface area (Å²) in [6, 6.07) is 1.25. The molecule has 16 heavy (non-hydrogen) atoms. The number of carbonyl (C=O) groups excluding carboxylic acids is 1. The van der Waals surface area contributed by atoms with Crippen LogP contribution in [-0.2, 0) is 4.79 Å². The van der Waals surface area contributed by atoms with Crippen LogP contribution in [0.2, 0.25) is 0 Å². The third-order valence-electron chi connectivity index (χ3n) is 1.98. The third-order valence-corrected chi connectivity index (χ3v) is 1.98. The molecule has 1 aromatic carbocycles. The van der Waals surface area contributed by atoms with E-state index in [0.29, 0.717) is 31.4 Å². The fourth-order valence-electron chi connectivity index (χ4n) is 1.21. The summed E-state index contributed by atoms with van der Waals surface area (Å²) in [7, 11) is 0. The number of allylic oxidation sites excluding steroid dienone is 1. The van der Waals surface area contributed by atoms with E-state index in [4.69, 9.17) is 0 Å². The SMILES string of the molecule is O=[C]CCC/C=C/c1c(F)cc(F)cc1F. The summed E-state index contributed by atoms with van der Waals surface area (Å²) in [5, 5.41) is 0. The van der Waals surface area contributed by atoms with E-state index in [2.05, 4.69) is 0 Å². The van der Waals surface area contributed by atoms with Gasteiger partial charge in [-0.1, -0.05) is 12.2 Å². The Bertz CT molecular complexity index is 376. The highest BCUT2D eigenvalue weighted by Crippen LogP contribution is 2.16. The number of halogens is 3. The molecule has 4 heteroatoms. The molecule has 0 aliphatic heterocycles. The minimum Gasteiger partial charge on any atom is -0.291 e. The van der Waals surface area contributed by atoms with Gasteiger partial charge in [-0.25, -0.2) is 13.2 Å². The molecule has 85 valence electrons. The Labute approximate surface area is 91.6 Å². The van der Waals surface area contributed by atoms with Gasteiger partial charge >= 0.3 is 0 Å². The smallest absolute Gasteiger partial charge is 0.198 e. The van der Waals surface area contributed by atoms with Gasteiger partial charge in [-0.05, 0) is 12.8 Å². The van der Waals surface area contributed by atoms with Gasteiger partial charge in [0.25, 0.3) is 0 Å². The van der Waals surface area contributed by atoms with Crippen molar-refractivity contribution >= 4 is 12.4 Å². The number of rotatable bonds is 5. The standard InChI is InChI=1S/C12H10F3O/c13-9-7-11(14)10(12(15)8-9)5-3-1-2-4-6-16/h3,5,7-8H,1-2,4H2/b5-3+. The zero-order chi connectivity index (χ0) is 12.0. The van der Waals surface area contributed by atoms with Crippen LogP contribution >= 0.6 is 0 Å². The van der Waals surface area contributed by atoms with Crippen LogP contribution in [0.15, 0.2) is 18.2 Å². The quantitative estimate of drug-likeness (QED) is 0.704. The van der Waals surface area contributed by atoms with Gasteiger partial charge in [0, 0.05) is 24.1 Å². The molecule has 0 aromatic heterocycles. The summed E-state index contributed by atoms with van der Waals surface area (Å²) < 4.78 is 38.7. The molecule has 0 atom stereocenters. The Morgan fingerprint density at radius 1 is 1.19 bits per heavy atom. The first kappa shape index (κ1) is 12.5. The van der Waals surface area contributed by atoms with Crippen molar-refractivity contribution in [3.8, 4) is 0 Å². The van der Waals surface area contributed by atoms with Gasteiger partial charge < -0.3 is 0 Å². The van der Waals surface area contributed by atoms with E-state index in [9.17, 15) is 18.0 Å². The van der Waals surface area contributed by atoms with Crippen LogP contribution in [-0.4, -0.2) is 6.29 Å². The summed E-state index contributed by atoms with van der Waals surface area (Å²) in [5.41, 5.74) is -0.267. The van der Waals surface area contributed by atoms with Crippen LogP contribution in [0.1, 0.15) is 24.8 Å². The van der Waals surface area contributed by atoms with Crippen molar-refractivity contribution in [3.63, 3.8) is 0 Å². The monoisotopic (exact) mass is 227 g/mol. The number of unbranched alkanes of at least 4 members (excludes halogenated alkanes) is 2. The highest BCUT2D eigenvalue weighted by Gasteiger charge is 2.07. The lowest BCUT2D eigenvalue weighted by Crippen LogP contribution is -1.90. The molecule has 0 heterocycles. The van der Waals surface area contributed by atoms with Crippen LogP contribution in [0.3, 0.4) is 0 Å². The fourth-order valence-corrected chi connectivity index (χ4v) is 1.21. The maximum atomic E-state index is 13.1. The van der Waals surface area contributed by atoms with Crippen molar-refractivity contribution in [3.05, 3.63) is 41.2 Å². The average Bonchev–Trinajstić information content (AvgIpc) is 2.20. The molecule has 0 saturated heterocycles. The van der Waals surface area contributed by atoms with Crippen LogP contribution in [0.5, 0.6) is 0 Å². The van der Waals surface area contributed by atoms with Gasteiger partial charge in [-0.2, -0.15) is 0 Å². The fraction of sp³-hybridized carbons (Fsp3) is 0.250. The van der Waals surface area contributed by atoms with Crippen LogP contribution in [0, 0.1) is 17.5 Å². The van der Waals surface area contributed by atoms with Crippen molar-refractivity contribution in [2.45, 2.75) is 19.3 Å². The molecule has 0 fully saturated rings. The minimum atomic E-state index is -0.942. The number of hydrogen-bond acceptors (Lipinski definition) is 1. The lowest BCUT2D eigenvalue weighted by molar-refractivity contribution is 0.540. The molecule has 0 N–H and O–H groups in total. The first-order valence-corrected chi connectivity index (χ1v) is 4.81. The Hall–Kier alpha value is -1.58. The maximum absolute atomic E-state index is 13.1. The largest absolute Gasteiger partial charge is 0.291 e. The van der Waals surface area contributed by atoms with E-state index in [1.165, 1.54) is 12.2 Å². The summed E-state index contributed by atoms with van der Waals surface area (Å²) >= 11 is 0. The summed E-state index contributed by atoms with van der Waals surface area (Å²) in [5.74, 6) is -2.81. The summed E-state index contributed by atoms with van der Waals surface area (Å²) in [6.07, 6.45) is 5.88. The highest BCUT2D eigenvalue weighted by molar-refractivity contribution is 5.51. The lowest BCUT2D eigenvalue weighted by atomic mass is 10.1. The molecule has 1 rings (SSSR count). The second kappa shape index (κ2) is 6.10. The van der Waals surface area contributed by atoms with E-state index in [1.807, 2.05) is 0 Å². The van der Waals surface area contributed by atoms with Crippen molar-refractivity contribution in [2.24, 2.45) is 0 Å². The number of hydrogen-bond donors (Lipinski definition) is 0. The van der Waals surface area contributed by atoms with E-state index in [0.717, 1.165) is 0 Å². The summed E-state index contributed by atoms with van der Waals surface area (Å²) in [4.78, 5) is 9.87.